The predicted octanol–water partition coefficient (Wildman–Crippen LogP) is 4.72. The molecule has 1 aliphatic carbocycles. The lowest BCUT2D eigenvalue weighted by molar-refractivity contribution is -0.123. The van der Waals surface area contributed by atoms with Gasteiger partial charge in [0.1, 0.15) is 11.5 Å². The summed E-state index contributed by atoms with van der Waals surface area (Å²) in [6, 6.07) is 6.08. The van der Waals surface area contributed by atoms with E-state index in [2.05, 4.69) is 19.9 Å². The van der Waals surface area contributed by atoms with Gasteiger partial charge in [0.15, 0.2) is 0 Å². The van der Waals surface area contributed by atoms with Gasteiger partial charge in [-0.05, 0) is 44.6 Å². The number of methoxy groups -OCH3 is 1. The Morgan fingerprint density at radius 3 is 2.57 bits per heavy atom. The fourth-order valence-corrected chi connectivity index (χ4v) is 3.56. The summed E-state index contributed by atoms with van der Waals surface area (Å²) in [6.45, 7) is 4.31. The maximum atomic E-state index is 12.6. The number of carbonyl (C=O) groups is 1. The lowest BCUT2D eigenvalue weighted by Gasteiger charge is -2.27. The van der Waals surface area contributed by atoms with Crippen LogP contribution in [0.1, 0.15) is 56.6 Å². The molecule has 1 aromatic rings. The largest absolute Gasteiger partial charge is 0.496 e. The number of aryl methyl sites for hydroxylation is 1. The summed E-state index contributed by atoms with van der Waals surface area (Å²) >= 11 is 0. The molecule has 0 spiro atoms. The van der Waals surface area contributed by atoms with Gasteiger partial charge in [-0.25, -0.2) is 0 Å². The molecule has 0 aliphatic heterocycles. The maximum Gasteiger partial charge on any atom is 0.140 e. The van der Waals surface area contributed by atoms with E-state index in [1.54, 1.807) is 7.11 Å². The molecule has 1 aromatic carbocycles. The summed E-state index contributed by atoms with van der Waals surface area (Å²) in [5.74, 6) is 2.36. The lowest BCUT2D eigenvalue weighted by atomic mass is 9.77. The zero-order valence-corrected chi connectivity index (χ0v) is 13.7. The standard InChI is InChI=1S/C19H28O2/c1-4-5-15-7-9-16(10-8-15)18(20)13-17-12-14(2)6-11-19(17)21-3/h6,11-12,15-16H,4-5,7-10,13H2,1-3H3. The van der Waals surface area contributed by atoms with Crippen LogP contribution in [0.25, 0.3) is 0 Å². The van der Waals surface area contributed by atoms with E-state index in [1.165, 1.54) is 31.2 Å². The number of ether oxygens (including phenoxy) is 1. The second kappa shape index (κ2) is 7.63. The minimum Gasteiger partial charge on any atom is -0.496 e. The molecule has 0 amide bonds. The number of hydrogen-bond donors (Lipinski definition) is 0. The number of carbonyl (C=O) groups excluding carboxylic acids is 1. The van der Waals surface area contributed by atoms with E-state index in [0.717, 1.165) is 30.1 Å². The monoisotopic (exact) mass is 288 g/mol. The Balaban J connectivity index is 1.95. The van der Waals surface area contributed by atoms with E-state index in [4.69, 9.17) is 4.74 Å². The summed E-state index contributed by atoms with van der Waals surface area (Å²) in [5, 5.41) is 0. The molecule has 1 saturated carbocycles. The highest BCUT2D eigenvalue weighted by Crippen LogP contribution is 2.33. The highest BCUT2D eigenvalue weighted by Gasteiger charge is 2.26. The third-order valence-electron chi connectivity index (χ3n) is 4.80. The molecule has 0 heterocycles. The molecule has 1 aliphatic rings. The topological polar surface area (TPSA) is 26.3 Å². The van der Waals surface area contributed by atoms with Gasteiger partial charge < -0.3 is 4.74 Å². The molecule has 0 unspecified atom stereocenters. The highest BCUT2D eigenvalue weighted by atomic mass is 16.5. The van der Waals surface area contributed by atoms with Crippen LogP contribution in [0.15, 0.2) is 18.2 Å². The highest BCUT2D eigenvalue weighted by molar-refractivity contribution is 5.84. The normalized spacial score (nSPS) is 22.0. The maximum absolute atomic E-state index is 12.6. The van der Waals surface area contributed by atoms with Crippen molar-refractivity contribution in [1.82, 2.24) is 0 Å². The molecule has 0 radical (unpaired) electrons. The number of hydrogen-bond acceptors (Lipinski definition) is 2. The fraction of sp³-hybridized carbons (Fsp3) is 0.632. The molecule has 21 heavy (non-hydrogen) atoms. The molecule has 0 bridgehead atoms. The van der Waals surface area contributed by atoms with E-state index in [1.807, 2.05) is 12.1 Å². The van der Waals surface area contributed by atoms with Crippen molar-refractivity contribution >= 4 is 5.78 Å². The van der Waals surface area contributed by atoms with Crippen molar-refractivity contribution in [2.24, 2.45) is 11.8 Å². The van der Waals surface area contributed by atoms with Crippen LogP contribution in [0.2, 0.25) is 0 Å². The minimum absolute atomic E-state index is 0.267. The second-order valence-corrected chi connectivity index (χ2v) is 6.46. The van der Waals surface area contributed by atoms with Crippen molar-refractivity contribution in [3.63, 3.8) is 0 Å². The van der Waals surface area contributed by atoms with Crippen LogP contribution in [-0.2, 0) is 11.2 Å². The van der Waals surface area contributed by atoms with Crippen LogP contribution in [0.3, 0.4) is 0 Å². The summed E-state index contributed by atoms with van der Waals surface area (Å²) in [4.78, 5) is 12.6. The zero-order valence-electron chi connectivity index (χ0n) is 13.7. The van der Waals surface area contributed by atoms with Crippen molar-refractivity contribution < 1.29 is 9.53 Å². The summed E-state index contributed by atoms with van der Waals surface area (Å²) in [7, 11) is 1.68. The molecular weight excluding hydrogens is 260 g/mol. The zero-order chi connectivity index (χ0) is 15.2. The number of benzene rings is 1. The van der Waals surface area contributed by atoms with Crippen molar-refractivity contribution in [2.45, 2.75) is 58.8 Å². The van der Waals surface area contributed by atoms with Gasteiger partial charge >= 0.3 is 0 Å². The summed E-state index contributed by atoms with van der Waals surface area (Å²) in [6.07, 6.45) is 7.74. The summed E-state index contributed by atoms with van der Waals surface area (Å²) < 4.78 is 5.39. The average molecular weight is 288 g/mol. The molecule has 116 valence electrons. The molecule has 1 fully saturated rings. The van der Waals surface area contributed by atoms with Gasteiger partial charge in [0.2, 0.25) is 0 Å². The number of Topliss-reactive ketones (excluding diaryl/α,β-unsaturated/α-hetero) is 1. The van der Waals surface area contributed by atoms with Crippen LogP contribution in [0.5, 0.6) is 5.75 Å². The molecule has 2 rings (SSSR count). The molecule has 2 nitrogen and oxygen atoms in total. The first-order valence-corrected chi connectivity index (χ1v) is 8.30. The number of rotatable bonds is 6. The molecule has 2 heteroatoms. The van der Waals surface area contributed by atoms with E-state index >= 15 is 0 Å². The van der Waals surface area contributed by atoms with Gasteiger partial charge in [-0.15, -0.1) is 0 Å². The third kappa shape index (κ3) is 4.33. The molecule has 0 atom stereocenters. The Labute approximate surface area is 128 Å². The van der Waals surface area contributed by atoms with Crippen molar-refractivity contribution in [2.75, 3.05) is 7.11 Å². The van der Waals surface area contributed by atoms with Gasteiger partial charge in [-0.1, -0.05) is 37.5 Å². The van der Waals surface area contributed by atoms with Gasteiger partial charge in [0.05, 0.1) is 7.11 Å². The quantitative estimate of drug-likeness (QED) is 0.757. The third-order valence-corrected chi connectivity index (χ3v) is 4.80. The Morgan fingerprint density at radius 2 is 1.95 bits per heavy atom. The van der Waals surface area contributed by atoms with Crippen LogP contribution in [0.4, 0.5) is 0 Å². The van der Waals surface area contributed by atoms with Crippen LogP contribution >= 0.6 is 0 Å². The molecule has 0 aromatic heterocycles. The van der Waals surface area contributed by atoms with Crippen molar-refractivity contribution in [1.29, 1.82) is 0 Å². The van der Waals surface area contributed by atoms with Crippen LogP contribution in [0, 0.1) is 18.8 Å². The first kappa shape index (κ1) is 16.1. The minimum atomic E-state index is 0.267. The smallest absolute Gasteiger partial charge is 0.140 e. The van der Waals surface area contributed by atoms with Crippen LogP contribution < -0.4 is 4.74 Å². The predicted molar refractivity (Wildman–Crippen MR) is 86.8 cm³/mol. The Bertz CT molecular complexity index is 470. The van der Waals surface area contributed by atoms with E-state index in [-0.39, 0.29) is 5.92 Å². The van der Waals surface area contributed by atoms with Crippen LogP contribution in [-0.4, -0.2) is 12.9 Å². The van der Waals surface area contributed by atoms with Gasteiger partial charge in [0.25, 0.3) is 0 Å². The van der Waals surface area contributed by atoms with E-state index < -0.39 is 0 Å². The first-order chi connectivity index (χ1) is 10.1. The molecular formula is C19H28O2. The Hall–Kier alpha value is -1.31. The van der Waals surface area contributed by atoms with E-state index in [9.17, 15) is 4.79 Å². The Kier molecular flexibility index (Phi) is 5.84. The second-order valence-electron chi connectivity index (χ2n) is 6.46. The molecule has 0 N–H and O–H groups in total. The van der Waals surface area contributed by atoms with Gasteiger partial charge in [0, 0.05) is 17.9 Å². The Morgan fingerprint density at radius 1 is 1.24 bits per heavy atom. The number of ketones is 1. The van der Waals surface area contributed by atoms with Gasteiger partial charge in [-0.3, -0.25) is 4.79 Å². The van der Waals surface area contributed by atoms with Crippen molar-refractivity contribution in [3.8, 4) is 5.75 Å². The molecule has 0 saturated heterocycles. The summed E-state index contributed by atoms with van der Waals surface area (Å²) in [5.41, 5.74) is 2.23. The first-order valence-electron chi connectivity index (χ1n) is 8.30. The SMILES string of the molecule is CCCC1CCC(C(=O)Cc2cc(C)ccc2OC)CC1. The van der Waals surface area contributed by atoms with Crippen molar-refractivity contribution in [3.05, 3.63) is 29.3 Å². The lowest BCUT2D eigenvalue weighted by Crippen LogP contribution is -2.23. The van der Waals surface area contributed by atoms with E-state index in [0.29, 0.717) is 12.2 Å². The average Bonchev–Trinajstić information content (AvgIpc) is 2.48. The fourth-order valence-electron chi connectivity index (χ4n) is 3.56. The van der Waals surface area contributed by atoms with Gasteiger partial charge in [-0.2, -0.15) is 0 Å².